The number of hydrogen-bond donors (Lipinski definition) is 1. The van der Waals surface area contributed by atoms with Gasteiger partial charge in [-0.3, -0.25) is 4.68 Å². The maximum absolute atomic E-state index is 4.76. The van der Waals surface area contributed by atoms with Gasteiger partial charge in [-0.05, 0) is 38.4 Å². The van der Waals surface area contributed by atoms with E-state index in [9.17, 15) is 0 Å². The van der Waals surface area contributed by atoms with Crippen molar-refractivity contribution < 1.29 is 0 Å². The standard InChI is InChI=1S/C17H32N4/c1-17(2,14-20(3)4)13-18-12-15-10-11-21(19-15)16-8-6-5-7-9-16/h10-11,16,18H,5-9,12-14H2,1-4H3. The maximum Gasteiger partial charge on any atom is 0.0762 e. The third kappa shape index (κ3) is 5.44. The Hall–Kier alpha value is -0.870. The van der Waals surface area contributed by atoms with Gasteiger partial charge in [0.15, 0.2) is 0 Å². The molecule has 4 heteroatoms. The van der Waals surface area contributed by atoms with Crippen LogP contribution in [0.2, 0.25) is 0 Å². The Morgan fingerprint density at radius 1 is 1.29 bits per heavy atom. The molecule has 0 saturated heterocycles. The zero-order valence-electron chi connectivity index (χ0n) is 14.2. The Bertz CT molecular complexity index is 416. The summed E-state index contributed by atoms with van der Waals surface area (Å²) < 4.78 is 2.20. The molecule has 2 rings (SSSR count). The second-order valence-corrected chi connectivity index (χ2v) is 7.58. The van der Waals surface area contributed by atoms with Crippen LogP contribution >= 0.6 is 0 Å². The molecular weight excluding hydrogens is 260 g/mol. The Morgan fingerprint density at radius 2 is 2.00 bits per heavy atom. The maximum atomic E-state index is 4.76. The Kier molecular flexibility index (Phi) is 5.82. The monoisotopic (exact) mass is 292 g/mol. The van der Waals surface area contributed by atoms with Crippen LogP contribution in [-0.2, 0) is 6.54 Å². The predicted octanol–water partition coefficient (Wildman–Crippen LogP) is 3.07. The van der Waals surface area contributed by atoms with Gasteiger partial charge in [-0.2, -0.15) is 5.10 Å². The molecule has 0 spiro atoms. The zero-order chi connectivity index (χ0) is 15.3. The van der Waals surface area contributed by atoms with Crippen molar-refractivity contribution in [1.29, 1.82) is 0 Å². The van der Waals surface area contributed by atoms with Crippen molar-refractivity contribution >= 4 is 0 Å². The van der Waals surface area contributed by atoms with Crippen LogP contribution in [0, 0.1) is 5.41 Å². The Labute approximate surface area is 129 Å². The Balaban J connectivity index is 1.77. The van der Waals surface area contributed by atoms with Crippen molar-refractivity contribution in [3.05, 3.63) is 18.0 Å². The lowest BCUT2D eigenvalue weighted by Crippen LogP contribution is -2.37. The first-order valence-electron chi connectivity index (χ1n) is 8.36. The van der Waals surface area contributed by atoms with Crippen LogP contribution in [0.25, 0.3) is 0 Å². The molecule has 4 nitrogen and oxygen atoms in total. The van der Waals surface area contributed by atoms with E-state index in [-0.39, 0.29) is 5.41 Å². The van der Waals surface area contributed by atoms with E-state index in [1.54, 1.807) is 0 Å². The molecule has 1 aromatic heterocycles. The van der Waals surface area contributed by atoms with Gasteiger partial charge < -0.3 is 10.2 Å². The summed E-state index contributed by atoms with van der Waals surface area (Å²) in [6.45, 7) is 7.59. The molecule has 21 heavy (non-hydrogen) atoms. The molecule has 120 valence electrons. The van der Waals surface area contributed by atoms with E-state index in [1.165, 1.54) is 37.8 Å². The van der Waals surface area contributed by atoms with Crippen molar-refractivity contribution in [2.75, 3.05) is 27.2 Å². The fourth-order valence-corrected chi connectivity index (χ4v) is 3.46. The minimum absolute atomic E-state index is 0.287. The molecule has 1 aliphatic carbocycles. The lowest BCUT2D eigenvalue weighted by Gasteiger charge is -2.28. The number of aromatic nitrogens is 2. The third-order valence-electron chi connectivity index (χ3n) is 4.27. The lowest BCUT2D eigenvalue weighted by atomic mass is 9.93. The fourth-order valence-electron chi connectivity index (χ4n) is 3.46. The molecule has 0 unspecified atom stereocenters. The molecule has 1 saturated carbocycles. The highest BCUT2D eigenvalue weighted by atomic mass is 15.3. The van der Waals surface area contributed by atoms with Crippen LogP contribution in [-0.4, -0.2) is 41.9 Å². The van der Waals surface area contributed by atoms with Gasteiger partial charge in [0.1, 0.15) is 0 Å². The average Bonchev–Trinajstić information content (AvgIpc) is 2.87. The van der Waals surface area contributed by atoms with Crippen molar-refractivity contribution in [2.45, 2.75) is 58.5 Å². The van der Waals surface area contributed by atoms with Crippen molar-refractivity contribution in [2.24, 2.45) is 5.41 Å². The van der Waals surface area contributed by atoms with Gasteiger partial charge in [0.25, 0.3) is 0 Å². The van der Waals surface area contributed by atoms with E-state index in [0.29, 0.717) is 6.04 Å². The smallest absolute Gasteiger partial charge is 0.0762 e. The number of rotatable bonds is 7. The molecule has 0 radical (unpaired) electrons. The first kappa shape index (κ1) is 16.5. The van der Waals surface area contributed by atoms with Crippen LogP contribution < -0.4 is 5.32 Å². The normalized spacial score (nSPS) is 17.6. The highest BCUT2D eigenvalue weighted by Crippen LogP contribution is 2.27. The molecule has 1 aromatic rings. The van der Waals surface area contributed by atoms with Gasteiger partial charge >= 0.3 is 0 Å². The van der Waals surface area contributed by atoms with E-state index >= 15 is 0 Å². The number of nitrogens with zero attached hydrogens (tertiary/aromatic N) is 3. The van der Waals surface area contributed by atoms with Crippen molar-refractivity contribution in [3.63, 3.8) is 0 Å². The van der Waals surface area contributed by atoms with Gasteiger partial charge in [0.2, 0.25) is 0 Å². The van der Waals surface area contributed by atoms with Gasteiger partial charge in [0.05, 0.1) is 11.7 Å². The largest absolute Gasteiger partial charge is 0.311 e. The molecule has 0 atom stereocenters. The number of nitrogens with one attached hydrogen (secondary N) is 1. The van der Waals surface area contributed by atoms with Gasteiger partial charge in [0, 0.05) is 25.8 Å². The van der Waals surface area contributed by atoms with Gasteiger partial charge in [-0.25, -0.2) is 0 Å². The topological polar surface area (TPSA) is 33.1 Å². The lowest BCUT2D eigenvalue weighted by molar-refractivity contribution is 0.232. The zero-order valence-corrected chi connectivity index (χ0v) is 14.2. The fraction of sp³-hybridized carbons (Fsp3) is 0.824. The van der Waals surface area contributed by atoms with Gasteiger partial charge in [-0.1, -0.05) is 33.1 Å². The van der Waals surface area contributed by atoms with Crippen LogP contribution in [0.1, 0.15) is 57.7 Å². The molecule has 1 fully saturated rings. The van der Waals surface area contributed by atoms with E-state index in [0.717, 1.165) is 19.6 Å². The first-order valence-corrected chi connectivity index (χ1v) is 8.36. The quantitative estimate of drug-likeness (QED) is 0.838. The summed E-state index contributed by atoms with van der Waals surface area (Å²) in [5, 5.41) is 8.32. The summed E-state index contributed by atoms with van der Waals surface area (Å²) >= 11 is 0. The molecule has 1 N–H and O–H groups in total. The second-order valence-electron chi connectivity index (χ2n) is 7.58. The number of hydrogen-bond acceptors (Lipinski definition) is 3. The highest BCUT2D eigenvalue weighted by molar-refractivity contribution is 5.00. The SMILES string of the molecule is CN(C)CC(C)(C)CNCc1ccn(C2CCCCC2)n1. The third-order valence-corrected chi connectivity index (χ3v) is 4.27. The van der Waals surface area contributed by atoms with Crippen LogP contribution in [0.15, 0.2) is 12.3 Å². The summed E-state index contributed by atoms with van der Waals surface area (Å²) in [6.07, 6.45) is 8.87. The van der Waals surface area contributed by atoms with Crippen molar-refractivity contribution in [3.8, 4) is 0 Å². The minimum atomic E-state index is 0.287. The van der Waals surface area contributed by atoms with Crippen LogP contribution in [0.4, 0.5) is 0 Å². The van der Waals surface area contributed by atoms with Gasteiger partial charge in [-0.15, -0.1) is 0 Å². The first-order chi connectivity index (χ1) is 9.96. The summed E-state index contributed by atoms with van der Waals surface area (Å²) in [5.74, 6) is 0. The van der Waals surface area contributed by atoms with Crippen molar-refractivity contribution in [1.82, 2.24) is 20.0 Å². The molecule has 1 heterocycles. The molecule has 0 amide bonds. The molecule has 0 bridgehead atoms. The summed E-state index contributed by atoms with van der Waals surface area (Å²) in [7, 11) is 4.27. The highest BCUT2D eigenvalue weighted by Gasteiger charge is 2.19. The molecular formula is C17H32N4. The molecule has 0 aromatic carbocycles. The van der Waals surface area contributed by atoms with E-state index in [2.05, 4.69) is 55.1 Å². The van der Waals surface area contributed by atoms with E-state index in [4.69, 9.17) is 5.10 Å². The Morgan fingerprint density at radius 3 is 2.67 bits per heavy atom. The average molecular weight is 292 g/mol. The molecule has 1 aliphatic rings. The van der Waals surface area contributed by atoms with E-state index in [1.807, 2.05) is 0 Å². The summed E-state index contributed by atoms with van der Waals surface area (Å²) in [5.41, 5.74) is 1.45. The second kappa shape index (κ2) is 7.41. The predicted molar refractivity (Wildman–Crippen MR) is 88.4 cm³/mol. The van der Waals surface area contributed by atoms with Crippen LogP contribution in [0.3, 0.4) is 0 Å². The minimum Gasteiger partial charge on any atom is -0.311 e. The summed E-state index contributed by atoms with van der Waals surface area (Å²) in [4.78, 5) is 2.25. The van der Waals surface area contributed by atoms with Crippen LogP contribution in [0.5, 0.6) is 0 Å². The summed E-state index contributed by atoms with van der Waals surface area (Å²) in [6, 6.07) is 2.80. The van der Waals surface area contributed by atoms with E-state index < -0.39 is 0 Å². The molecule has 0 aliphatic heterocycles.